The van der Waals surface area contributed by atoms with E-state index in [2.05, 4.69) is 25.3 Å². The number of aromatic nitrogens is 5. The second-order valence-electron chi connectivity index (χ2n) is 5.08. The number of hydrogen-bond acceptors (Lipinski definition) is 7. The fourth-order valence-electron chi connectivity index (χ4n) is 2.29. The lowest BCUT2D eigenvalue weighted by atomic mass is 10.3. The Hall–Kier alpha value is -3.36. The molecule has 0 aliphatic carbocycles. The van der Waals surface area contributed by atoms with Crippen molar-refractivity contribution in [3.05, 3.63) is 64.1 Å². The summed E-state index contributed by atoms with van der Waals surface area (Å²) in [5, 5.41) is 14.4. The van der Waals surface area contributed by atoms with Gasteiger partial charge >= 0.3 is 5.69 Å². The number of rotatable bonds is 5. The predicted octanol–water partition coefficient (Wildman–Crippen LogP) is 2.19. The first-order chi connectivity index (χ1) is 11.6. The van der Waals surface area contributed by atoms with Gasteiger partial charge in [0.05, 0.1) is 17.2 Å². The summed E-state index contributed by atoms with van der Waals surface area (Å²) < 4.78 is 1.57. The summed E-state index contributed by atoms with van der Waals surface area (Å²) in [6, 6.07) is 5.58. The summed E-state index contributed by atoms with van der Waals surface area (Å²) in [5.74, 6) is 1.09. The van der Waals surface area contributed by atoms with Crippen molar-refractivity contribution in [1.82, 2.24) is 24.5 Å². The van der Waals surface area contributed by atoms with E-state index >= 15 is 0 Å². The van der Waals surface area contributed by atoms with Crippen LogP contribution in [0.2, 0.25) is 0 Å². The molecule has 0 aliphatic rings. The van der Waals surface area contributed by atoms with Crippen molar-refractivity contribution in [3.63, 3.8) is 0 Å². The fraction of sp³-hybridized carbons (Fsp3) is 0.200. The molecule has 0 fully saturated rings. The number of nitro groups is 1. The minimum Gasteiger partial charge on any atom is -0.348 e. The van der Waals surface area contributed by atoms with E-state index in [4.69, 9.17) is 0 Å². The van der Waals surface area contributed by atoms with Crippen LogP contribution in [0.25, 0.3) is 5.82 Å². The molecular formula is C15H15N7O2. The van der Waals surface area contributed by atoms with Crippen molar-refractivity contribution in [2.75, 3.05) is 5.32 Å². The van der Waals surface area contributed by atoms with E-state index in [0.29, 0.717) is 18.3 Å². The first-order valence-electron chi connectivity index (χ1n) is 7.23. The van der Waals surface area contributed by atoms with Crippen molar-refractivity contribution in [2.24, 2.45) is 0 Å². The van der Waals surface area contributed by atoms with E-state index in [0.717, 1.165) is 5.69 Å². The molecule has 1 N–H and O–H groups in total. The molecular weight excluding hydrogens is 310 g/mol. The molecule has 3 aromatic heterocycles. The Labute approximate surface area is 137 Å². The maximum atomic E-state index is 11.4. The van der Waals surface area contributed by atoms with Gasteiger partial charge in [-0.2, -0.15) is 4.98 Å². The Morgan fingerprint density at radius 2 is 2.04 bits per heavy atom. The molecule has 122 valence electrons. The highest BCUT2D eigenvalue weighted by atomic mass is 16.6. The van der Waals surface area contributed by atoms with Gasteiger partial charge in [-0.15, -0.1) is 0 Å². The van der Waals surface area contributed by atoms with Gasteiger partial charge in [-0.25, -0.2) is 9.97 Å². The van der Waals surface area contributed by atoms with Gasteiger partial charge in [0, 0.05) is 18.6 Å². The maximum absolute atomic E-state index is 11.4. The zero-order valence-electron chi connectivity index (χ0n) is 13.2. The lowest BCUT2D eigenvalue weighted by Gasteiger charge is -2.10. The van der Waals surface area contributed by atoms with Gasteiger partial charge < -0.3 is 5.32 Å². The van der Waals surface area contributed by atoms with E-state index in [1.54, 1.807) is 37.0 Å². The lowest BCUT2D eigenvalue weighted by molar-refractivity contribution is -0.385. The zero-order valence-corrected chi connectivity index (χ0v) is 13.2. The lowest BCUT2D eigenvalue weighted by Crippen LogP contribution is -2.12. The molecule has 0 saturated carbocycles. The van der Waals surface area contributed by atoms with Gasteiger partial charge in [-0.3, -0.25) is 19.7 Å². The highest BCUT2D eigenvalue weighted by Gasteiger charge is 2.24. The monoisotopic (exact) mass is 325 g/mol. The smallest absolute Gasteiger partial charge is 0.333 e. The minimum absolute atomic E-state index is 0.139. The van der Waals surface area contributed by atoms with E-state index in [1.165, 1.54) is 0 Å². The largest absolute Gasteiger partial charge is 0.348 e. The number of hydrogen-bond donors (Lipinski definition) is 1. The Kier molecular flexibility index (Phi) is 4.15. The summed E-state index contributed by atoms with van der Waals surface area (Å²) in [6.45, 7) is 3.75. The molecule has 9 nitrogen and oxygen atoms in total. The standard InChI is InChI=1S/C15H15N7O2/c1-10-13(22(23)24)14(21-8-7-16-11(21)2)20-15(19-10)18-9-12-5-3-4-6-17-12/h3-8H,9H2,1-2H3,(H,18,19,20). The molecule has 0 radical (unpaired) electrons. The molecule has 0 aromatic carbocycles. The van der Waals surface area contributed by atoms with Crippen LogP contribution in [0.5, 0.6) is 0 Å². The third-order valence-electron chi connectivity index (χ3n) is 3.43. The summed E-state index contributed by atoms with van der Waals surface area (Å²) >= 11 is 0. The second kappa shape index (κ2) is 6.41. The average molecular weight is 325 g/mol. The van der Waals surface area contributed by atoms with Crippen LogP contribution in [-0.4, -0.2) is 29.4 Å². The molecule has 0 amide bonds. The van der Waals surface area contributed by atoms with E-state index in [-0.39, 0.29) is 17.2 Å². The molecule has 3 aromatic rings. The van der Waals surface area contributed by atoms with Crippen LogP contribution in [0.3, 0.4) is 0 Å². The van der Waals surface area contributed by atoms with Crippen molar-refractivity contribution in [2.45, 2.75) is 20.4 Å². The third kappa shape index (κ3) is 3.05. The average Bonchev–Trinajstić information content (AvgIpc) is 2.99. The zero-order chi connectivity index (χ0) is 17.1. The molecule has 0 bridgehead atoms. The minimum atomic E-state index is -0.480. The molecule has 3 heterocycles. The highest BCUT2D eigenvalue weighted by Crippen LogP contribution is 2.26. The van der Waals surface area contributed by atoms with Crippen LogP contribution in [0.4, 0.5) is 11.6 Å². The van der Waals surface area contributed by atoms with Crippen molar-refractivity contribution < 1.29 is 4.92 Å². The third-order valence-corrected chi connectivity index (χ3v) is 3.43. The molecule has 0 saturated heterocycles. The SMILES string of the molecule is Cc1nc(NCc2ccccn2)nc(-n2ccnc2C)c1[N+](=O)[O-]. The van der Waals surface area contributed by atoms with Crippen LogP contribution < -0.4 is 5.32 Å². The number of nitrogens with one attached hydrogen (secondary N) is 1. The van der Waals surface area contributed by atoms with Gasteiger partial charge in [0.15, 0.2) is 0 Å². The number of anilines is 1. The number of aryl methyl sites for hydroxylation is 2. The Bertz CT molecular complexity index is 877. The quantitative estimate of drug-likeness (QED) is 0.565. The van der Waals surface area contributed by atoms with E-state index in [9.17, 15) is 10.1 Å². The van der Waals surface area contributed by atoms with E-state index < -0.39 is 4.92 Å². The Morgan fingerprint density at radius 1 is 1.21 bits per heavy atom. The van der Waals surface area contributed by atoms with Crippen LogP contribution >= 0.6 is 0 Å². The van der Waals surface area contributed by atoms with Crippen molar-refractivity contribution in [3.8, 4) is 5.82 Å². The first-order valence-corrected chi connectivity index (χ1v) is 7.23. The van der Waals surface area contributed by atoms with Gasteiger partial charge in [0.1, 0.15) is 11.5 Å². The molecule has 0 unspecified atom stereocenters. The first kappa shape index (κ1) is 15.5. The normalized spacial score (nSPS) is 10.6. The molecule has 9 heteroatoms. The molecule has 24 heavy (non-hydrogen) atoms. The van der Waals surface area contributed by atoms with Crippen molar-refractivity contribution >= 4 is 11.6 Å². The van der Waals surface area contributed by atoms with Gasteiger partial charge in [0.2, 0.25) is 11.8 Å². The second-order valence-corrected chi connectivity index (χ2v) is 5.08. The number of imidazole rings is 1. The fourth-order valence-corrected chi connectivity index (χ4v) is 2.29. The van der Waals surface area contributed by atoms with Crippen LogP contribution in [0.1, 0.15) is 17.2 Å². The van der Waals surface area contributed by atoms with Crippen molar-refractivity contribution in [1.29, 1.82) is 0 Å². The maximum Gasteiger partial charge on any atom is 0.333 e. The molecule has 0 atom stereocenters. The molecule has 0 spiro atoms. The van der Waals surface area contributed by atoms with Crippen LogP contribution in [0, 0.1) is 24.0 Å². The summed E-state index contributed by atoms with van der Waals surface area (Å²) in [6.07, 6.45) is 4.89. The summed E-state index contributed by atoms with van der Waals surface area (Å²) in [4.78, 5) is 27.7. The topological polar surface area (TPSA) is 112 Å². The van der Waals surface area contributed by atoms with Crippen LogP contribution in [-0.2, 0) is 6.54 Å². The number of pyridine rings is 1. The van der Waals surface area contributed by atoms with Gasteiger partial charge in [0.25, 0.3) is 0 Å². The Morgan fingerprint density at radius 3 is 2.67 bits per heavy atom. The summed E-state index contributed by atoms with van der Waals surface area (Å²) in [7, 11) is 0. The van der Waals surface area contributed by atoms with E-state index in [1.807, 2.05) is 18.2 Å². The highest BCUT2D eigenvalue weighted by molar-refractivity contribution is 5.54. The summed E-state index contributed by atoms with van der Waals surface area (Å²) in [5.41, 5.74) is 0.957. The molecule has 3 rings (SSSR count). The Balaban J connectivity index is 1.99. The predicted molar refractivity (Wildman–Crippen MR) is 86.8 cm³/mol. The molecule has 0 aliphatic heterocycles. The van der Waals surface area contributed by atoms with Gasteiger partial charge in [-0.1, -0.05) is 6.07 Å². The van der Waals surface area contributed by atoms with Crippen LogP contribution in [0.15, 0.2) is 36.8 Å². The van der Waals surface area contributed by atoms with Gasteiger partial charge in [-0.05, 0) is 26.0 Å². The number of nitrogens with zero attached hydrogens (tertiary/aromatic N) is 6.